The van der Waals surface area contributed by atoms with Crippen LogP contribution in [0.2, 0.25) is 0 Å². The number of benzene rings is 1. The largest absolute Gasteiger partial charge is 0.313 e. The maximum absolute atomic E-state index is 11.1. The molecule has 1 atom stereocenters. The number of hydrogen-bond donors (Lipinski definition) is 2. The van der Waals surface area contributed by atoms with E-state index in [1.54, 1.807) is 12.1 Å². The van der Waals surface area contributed by atoms with Crippen molar-refractivity contribution in [1.82, 2.24) is 5.32 Å². The first-order valence-corrected chi connectivity index (χ1v) is 6.33. The lowest BCUT2D eigenvalue weighted by molar-refractivity contribution is 0.573. The zero-order valence-electron chi connectivity index (χ0n) is 8.90. The number of hydrogen-bond acceptors (Lipinski definition) is 3. The molecule has 15 heavy (non-hydrogen) atoms. The van der Waals surface area contributed by atoms with Crippen LogP contribution in [0.3, 0.4) is 0 Å². The van der Waals surface area contributed by atoms with Crippen molar-refractivity contribution in [2.24, 2.45) is 5.14 Å². The minimum atomic E-state index is -3.60. The zero-order chi connectivity index (χ0) is 11.5. The van der Waals surface area contributed by atoms with Gasteiger partial charge >= 0.3 is 0 Å². The van der Waals surface area contributed by atoms with E-state index in [1.807, 2.05) is 20.0 Å². The molecule has 0 bridgehead atoms. The van der Waals surface area contributed by atoms with E-state index in [2.05, 4.69) is 5.32 Å². The Labute approximate surface area is 90.5 Å². The second kappa shape index (κ2) is 4.74. The van der Waals surface area contributed by atoms with E-state index < -0.39 is 10.0 Å². The van der Waals surface area contributed by atoms with E-state index in [4.69, 9.17) is 5.14 Å². The summed E-state index contributed by atoms with van der Waals surface area (Å²) in [6, 6.07) is 6.86. The highest BCUT2D eigenvalue weighted by molar-refractivity contribution is 7.89. The van der Waals surface area contributed by atoms with Crippen molar-refractivity contribution in [2.45, 2.75) is 24.3 Å². The van der Waals surface area contributed by atoms with Crippen LogP contribution >= 0.6 is 0 Å². The summed E-state index contributed by atoms with van der Waals surface area (Å²) in [5.41, 5.74) is 0.937. The number of sulfonamides is 1. The molecule has 0 aromatic heterocycles. The maximum Gasteiger partial charge on any atom is 0.238 e. The molecule has 0 aliphatic rings. The third-order valence-corrected chi connectivity index (χ3v) is 3.26. The van der Waals surface area contributed by atoms with E-state index in [-0.39, 0.29) is 10.9 Å². The van der Waals surface area contributed by atoms with Gasteiger partial charge in [0.2, 0.25) is 10.0 Å². The molecular formula is C10H16N2O2S. The monoisotopic (exact) mass is 228 g/mol. The van der Waals surface area contributed by atoms with Crippen LogP contribution in [0.1, 0.15) is 24.9 Å². The Morgan fingerprint density at radius 1 is 1.47 bits per heavy atom. The van der Waals surface area contributed by atoms with Gasteiger partial charge in [-0.15, -0.1) is 0 Å². The molecule has 0 spiro atoms. The number of nitrogens with two attached hydrogens (primary N) is 1. The van der Waals surface area contributed by atoms with Gasteiger partial charge in [0.15, 0.2) is 0 Å². The van der Waals surface area contributed by atoms with Gasteiger partial charge in [0.25, 0.3) is 0 Å². The number of nitrogens with one attached hydrogen (secondary N) is 1. The molecule has 0 saturated carbocycles. The number of primary sulfonamides is 1. The van der Waals surface area contributed by atoms with Crippen molar-refractivity contribution in [3.8, 4) is 0 Å². The average Bonchev–Trinajstić information content (AvgIpc) is 2.19. The van der Waals surface area contributed by atoms with Crippen LogP contribution in [0.4, 0.5) is 0 Å². The van der Waals surface area contributed by atoms with Gasteiger partial charge in [0.05, 0.1) is 4.90 Å². The Morgan fingerprint density at radius 3 is 2.60 bits per heavy atom. The molecule has 1 rings (SSSR count). The topological polar surface area (TPSA) is 72.2 Å². The molecule has 1 aromatic rings. The van der Waals surface area contributed by atoms with Gasteiger partial charge in [0.1, 0.15) is 0 Å². The summed E-state index contributed by atoms with van der Waals surface area (Å²) in [7, 11) is -1.76. The van der Waals surface area contributed by atoms with Crippen molar-refractivity contribution in [3.05, 3.63) is 29.8 Å². The Hall–Kier alpha value is -0.910. The van der Waals surface area contributed by atoms with Crippen molar-refractivity contribution in [1.29, 1.82) is 0 Å². The Bertz CT molecular complexity index is 425. The first-order valence-electron chi connectivity index (χ1n) is 4.79. The fourth-order valence-corrected chi connectivity index (χ4v) is 2.08. The predicted octanol–water partition coefficient (Wildman–Crippen LogP) is 1.00. The molecule has 4 nitrogen and oxygen atoms in total. The molecule has 0 heterocycles. The molecule has 0 aliphatic carbocycles. The third kappa shape index (κ3) is 3.02. The first kappa shape index (κ1) is 12.2. The summed E-state index contributed by atoms with van der Waals surface area (Å²) >= 11 is 0. The molecule has 0 radical (unpaired) electrons. The standard InChI is InChI=1S/C10H16N2O2S/c1-3-10(12-2)8-5-4-6-9(7-8)15(11,13)14/h4-7,10,12H,3H2,1-2H3,(H2,11,13,14). The fraction of sp³-hybridized carbons (Fsp3) is 0.400. The van der Waals surface area contributed by atoms with Gasteiger partial charge in [-0.25, -0.2) is 13.6 Å². The lowest BCUT2D eigenvalue weighted by Gasteiger charge is -2.14. The van der Waals surface area contributed by atoms with Gasteiger partial charge in [-0.1, -0.05) is 19.1 Å². The van der Waals surface area contributed by atoms with E-state index in [1.165, 1.54) is 6.07 Å². The van der Waals surface area contributed by atoms with Crippen molar-refractivity contribution in [2.75, 3.05) is 7.05 Å². The second-order valence-electron chi connectivity index (χ2n) is 3.37. The van der Waals surface area contributed by atoms with Gasteiger partial charge < -0.3 is 5.32 Å². The Morgan fingerprint density at radius 2 is 2.13 bits per heavy atom. The van der Waals surface area contributed by atoms with Crippen LogP contribution in [0, 0.1) is 0 Å². The lowest BCUT2D eigenvalue weighted by Crippen LogP contribution is -2.17. The molecule has 84 valence electrons. The van der Waals surface area contributed by atoms with E-state index >= 15 is 0 Å². The summed E-state index contributed by atoms with van der Waals surface area (Å²) in [5, 5.41) is 8.17. The van der Waals surface area contributed by atoms with Crippen molar-refractivity contribution >= 4 is 10.0 Å². The van der Waals surface area contributed by atoms with Crippen molar-refractivity contribution < 1.29 is 8.42 Å². The Balaban J connectivity index is 3.13. The van der Waals surface area contributed by atoms with Crippen LogP contribution in [-0.4, -0.2) is 15.5 Å². The normalized spacial score (nSPS) is 13.8. The van der Waals surface area contributed by atoms with Crippen molar-refractivity contribution in [3.63, 3.8) is 0 Å². The van der Waals surface area contributed by atoms with Gasteiger partial charge in [-0.05, 0) is 31.2 Å². The second-order valence-corrected chi connectivity index (χ2v) is 4.93. The smallest absolute Gasteiger partial charge is 0.238 e. The summed E-state index contributed by atoms with van der Waals surface area (Å²) < 4.78 is 22.3. The SMILES string of the molecule is CCC(NC)c1cccc(S(N)(=O)=O)c1. The highest BCUT2D eigenvalue weighted by Gasteiger charge is 2.11. The maximum atomic E-state index is 11.1. The summed E-state index contributed by atoms with van der Waals surface area (Å²) in [5.74, 6) is 0. The van der Waals surface area contributed by atoms with Crippen LogP contribution in [-0.2, 0) is 10.0 Å². The molecule has 1 unspecified atom stereocenters. The minimum Gasteiger partial charge on any atom is -0.313 e. The molecular weight excluding hydrogens is 212 g/mol. The quantitative estimate of drug-likeness (QED) is 0.807. The predicted molar refractivity (Wildman–Crippen MR) is 59.9 cm³/mol. The highest BCUT2D eigenvalue weighted by Crippen LogP contribution is 2.18. The minimum absolute atomic E-state index is 0.159. The van der Waals surface area contributed by atoms with E-state index in [0.717, 1.165) is 12.0 Å². The zero-order valence-corrected chi connectivity index (χ0v) is 9.71. The molecule has 0 saturated heterocycles. The fourth-order valence-electron chi connectivity index (χ4n) is 1.51. The van der Waals surface area contributed by atoms with Gasteiger partial charge in [-0.2, -0.15) is 0 Å². The summed E-state index contributed by atoms with van der Waals surface area (Å²) in [6.07, 6.45) is 0.893. The van der Waals surface area contributed by atoms with Crippen LogP contribution in [0.5, 0.6) is 0 Å². The average molecular weight is 228 g/mol. The number of rotatable bonds is 4. The molecule has 3 N–H and O–H groups in total. The lowest BCUT2D eigenvalue weighted by atomic mass is 10.1. The highest BCUT2D eigenvalue weighted by atomic mass is 32.2. The summed E-state index contributed by atoms with van der Waals surface area (Å²) in [4.78, 5) is 0.161. The third-order valence-electron chi connectivity index (χ3n) is 2.35. The molecule has 1 aromatic carbocycles. The van der Waals surface area contributed by atoms with E-state index in [9.17, 15) is 8.42 Å². The van der Waals surface area contributed by atoms with Crippen LogP contribution < -0.4 is 10.5 Å². The molecule has 5 heteroatoms. The van der Waals surface area contributed by atoms with Crippen LogP contribution in [0.25, 0.3) is 0 Å². The first-order chi connectivity index (χ1) is 6.99. The van der Waals surface area contributed by atoms with Gasteiger partial charge in [-0.3, -0.25) is 0 Å². The Kier molecular flexibility index (Phi) is 3.84. The molecule has 0 aliphatic heterocycles. The summed E-state index contributed by atoms with van der Waals surface area (Å²) in [6.45, 7) is 2.03. The van der Waals surface area contributed by atoms with Gasteiger partial charge in [0, 0.05) is 6.04 Å². The molecule has 0 fully saturated rings. The molecule has 0 amide bonds. The van der Waals surface area contributed by atoms with E-state index in [0.29, 0.717) is 0 Å². The van der Waals surface area contributed by atoms with Crippen LogP contribution in [0.15, 0.2) is 29.2 Å².